The summed E-state index contributed by atoms with van der Waals surface area (Å²) in [4.78, 5) is 47.3. The summed E-state index contributed by atoms with van der Waals surface area (Å²) in [5.74, 6) is -1.90. The van der Waals surface area contributed by atoms with E-state index < -0.39 is 23.9 Å². The van der Waals surface area contributed by atoms with E-state index in [4.69, 9.17) is 0 Å². The average molecular weight is 350 g/mol. The van der Waals surface area contributed by atoms with E-state index >= 15 is 0 Å². The molecule has 9 heteroatoms. The molecule has 1 aliphatic heterocycles. The molecule has 1 saturated heterocycles. The number of piperazine rings is 1. The van der Waals surface area contributed by atoms with E-state index in [1.54, 1.807) is 5.32 Å². The number of nitrogens with two attached hydrogens (primary N) is 1. The van der Waals surface area contributed by atoms with Crippen molar-refractivity contribution in [2.75, 3.05) is 32.6 Å². The Hall–Kier alpha value is -2.94. The van der Waals surface area contributed by atoms with Gasteiger partial charge in [-0.05, 0) is 18.2 Å². The lowest BCUT2D eigenvalue weighted by Gasteiger charge is -2.19. The fourth-order valence-corrected chi connectivity index (χ4v) is 2.48. The number of carbonyl (C=O) groups is 4. The highest BCUT2D eigenvalue weighted by Crippen LogP contribution is 2.17. The zero-order valence-corrected chi connectivity index (χ0v) is 14.0. The van der Waals surface area contributed by atoms with Gasteiger partial charge in [0.05, 0.1) is 44.9 Å². The Balaban J connectivity index is 2.16. The van der Waals surface area contributed by atoms with E-state index in [-0.39, 0.29) is 29.1 Å². The highest BCUT2D eigenvalue weighted by molar-refractivity contribution is 6.00. The summed E-state index contributed by atoms with van der Waals surface area (Å²) in [6, 6.07) is 3.59. The van der Waals surface area contributed by atoms with Gasteiger partial charge in [0.25, 0.3) is 5.91 Å². The van der Waals surface area contributed by atoms with E-state index in [1.807, 2.05) is 0 Å². The van der Waals surface area contributed by atoms with Gasteiger partial charge in [-0.25, -0.2) is 9.59 Å². The molecule has 4 N–H and O–H groups in total. The van der Waals surface area contributed by atoms with Gasteiger partial charge in [0.2, 0.25) is 5.91 Å². The summed E-state index contributed by atoms with van der Waals surface area (Å²) in [6.45, 7) is 1.27. The Labute approximate surface area is 144 Å². The molecule has 9 nitrogen and oxygen atoms in total. The van der Waals surface area contributed by atoms with E-state index in [0.29, 0.717) is 13.1 Å². The third-order valence-electron chi connectivity index (χ3n) is 3.70. The molecule has 0 aliphatic carbocycles. The van der Waals surface area contributed by atoms with Crippen LogP contribution in [0.4, 0.5) is 5.69 Å². The highest BCUT2D eigenvalue weighted by Gasteiger charge is 2.28. The van der Waals surface area contributed by atoms with Crippen LogP contribution in [0.15, 0.2) is 18.2 Å². The van der Waals surface area contributed by atoms with Crippen LogP contribution in [0.1, 0.15) is 27.1 Å². The van der Waals surface area contributed by atoms with Crippen LogP contribution in [-0.4, -0.2) is 57.1 Å². The fourth-order valence-electron chi connectivity index (χ4n) is 2.48. The molecule has 1 aliphatic rings. The number of nitrogens with one attached hydrogen (secondary N) is 2. The van der Waals surface area contributed by atoms with E-state index in [9.17, 15) is 19.2 Å². The zero-order valence-electron chi connectivity index (χ0n) is 14.0. The molecule has 1 unspecified atom stereocenters. The number of anilines is 1. The number of quaternary nitrogens is 1. The number of hydrogen-bond donors (Lipinski definition) is 3. The number of benzene rings is 1. The molecular formula is C16H20N3O6+. The van der Waals surface area contributed by atoms with Crippen LogP contribution in [0, 0.1) is 0 Å². The number of carbonyl (C=O) groups excluding carboxylic acids is 4. The highest BCUT2D eigenvalue weighted by atomic mass is 16.5. The van der Waals surface area contributed by atoms with Crippen LogP contribution in [0.2, 0.25) is 0 Å². The SMILES string of the molecule is COC(=O)c1cc(NC(=O)CC2[NH2+]CCNC2=O)cc(C(=O)OC)c1. The second-order valence-corrected chi connectivity index (χ2v) is 5.46. The fraction of sp³-hybridized carbons (Fsp3) is 0.375. The van der Waals surface area contributed by atoms with Gasteiger partial charge in [-0.2, -0.15) is 0 Å². The summed E-state index contributed by atoms with van der Waals surface area (Å²) in [6.07, 6.45) is -0.0259. The van der Waals surface area contributed by atoms with Crippen molar-refractivity contribution in [3.8, 4) is 0 Å². The zero-order chi connectivity index (χ0) is 18.4. The lowest BCUT2D eigenvalue weighted by Crippen LogP contribution is -2.96. The summed E-state index contributed by atoms with van der Waals surface area (Å²) < 4.78 is 9.28. The maximum absolute atomic E-state index is 12.2. The van der Waals surface area contributed by atoms with Gasteiger partial charge in [-0.1, -0.05) is 0 Å². The summed E-state index contributed by atoms with van der Waals surface area (Å²) >= 11 is 0. The monoisotopic (exact) mass is 350 g/mol. The molecule has 0 spiro atoms. The minimum atomic E-state index is -0.652. The molecule has 1 aromatic carbocycles. The first-order valence-corrected chi connectivity index (χ1v) is 7.67. The molecule has 0 bridgehead atoms. The van der Waals surface area contributed by atoms with Crippen LogP contribution in [-0.2, 0) is 19.1 Å². The first-order valence-electron chi connectivity index (χ1n) is 7.67. The summed E-state index contributed by atoms with van der Waals surface area (Å²) in [5, 5.41) is 7.08. The predicted octanol–water partition coefficient (Wildman–Crippen LogP) is -1.35. The van der Waals surface area contributed by atoms with Crippen molar-refractivity contribution < 1.29 is 34.0 Å². The number of rotatable bonds is 5. The van der Waals surface area contributed by atoms with Gasteiger partial charge in [0.15, 0.2) is 6.04 Å². The molecule has 2 amide bonds. The molecule has 134 valence electrons. The largest absolute Gasteiger partial charge is 0.465 e. The molecule has 1 aromatic rings. The molecule has 1 atom stereocenters. The van der Waals surface area contributed by atoms with E-state index in [0.717, 1.165) is 0 Å². The van der Waals surface area contributed by atoms with Crippen molar-refractivity contribution in [3.63, 3.8) is 0 Å². The Morgan fingerprint density at radius 3 is 2.28 bits per heavy atom. The van der Waals surface area contributed by atoms with Crippen molar-refractivity contribution in [2.24, 2.45) is 0 Å². The van der Waals surface area contributed by atoms with Crippen LogP contribution < -0.4 is 16.0 Å². The van der Waals surface area contributed by atoms with Crippen molar-refractivity contribution in [3.05, 3.63) is 29.3 Å². The Morgan fingerprint density at radius 1 is 1.16 bits per heavy atom. The number of ether oxygens (including phenoxy) is 2. The van der Waals surface area contributed by atoms with Gasteiger partial charge in [-0.3, -0.25) is 9.59 Å². The van der Waals surface area contributed by atoms with Crippen LogP contribution >= 0.6 is 0 Å². The number of methoxy groups -OCH3 is 2. The summed E-state index contributed by atoms with van der Waals surface area (Å²) in [5.41, 5.74) is 0.440. The van der Waals surface area contributed by atoms with E-state index in [2.05, 4.69) is 20.1 Å². The minimum absolute atomic E-state index is 0.0259. The van der Waals surface area contributed by atoms with E-state index in [1.165, 1.54) is 32.4 Å². The molecule has 0 saturated carbocycles. The van der Waals surface area contributed by atoms with Gasteiger partial charge in [-0.15, -0.1) is 0 Å². The molecule has 0 aromatic heterocycles. The maximum atomic E-state index is 12.2. The van der Waals surface area contributed by atoms with Gasteiger partial charge < -0.3 is 25.4 Å². The second-order valence-electron chi connectivity index (χ2n) is 5.46. The normalized spacial score (nSPS) is 16.6. The van der Waals surface area contributed by atoms with Crippen LogP contribution in [0.25, 0.3) is 0 Å². The lowest BCUT2D eigenvalue weighted by atomic mass is 10.1. The van der Waals surface area contributed by atoms with Crippen molar-refractivity contribution in [2.45, 2.75) is 12.5 Å². The van der Waals surface area contributed by atoms with Crippen LogP contribution in [0.3, 0.4) is 0 Å². The third-order valence-corrected chi connectivity index (χ3v) is 3.70. The molecular weight excluding hydrogens is 330 g/mol. The smallest absolute Gasteiger partial charge is 0.337 e. The number of amides is 2. The molecule has 1 heterocycles. The number of esters is 2. The molecule has 2 rings (SSSR count). The Bertz CT molecular complexity index is 669. The Morgan fingerprint density at radius 2 is 1.76 bits per heavy atom. The second kappa shape index (κ2) is 8.25. The third kappa shape index (κ3) is 4.77. The average Bonchev–Trinajstić information content (AvgIpc) is 2.61. The van der Waals surface area contributed by atoms with Crippen LogP contribution in [0.5, 0.6) is 0 Å². The van der Waals surface area contributed by atoms with Crippen molar-refractivity contribution in [1.82, 2.24) is 5.32 Å². The first-order chi connectivity index (χ1) is 11.9. The lowest BCUT2D eigenvalue weighted by molar-refractivity contribution is -0.678. The first kappa shape index (κ1) is 18.4. The molecule has 0 radical (unpaired) electrons. The van der Waals surface area contributed by atoms with Crippen molar-refractivity contribution >= 4 is 29.4 Å². The quantitative estimate of drug-likeness (QED) is 0.564. The van der Waals surface area contributed by atoms with Crippen molar-refractivity contribution in [1.29, 1.82) is 0 Å². The number of hydrogen-bond acceptors (Lipinski definition) is 6. The van der Waals surface area contributed by atoms with Gasteiger partial charge in [0, 0.05) is 5.69 Å². The summed E-state index contributed by atoms with van der Waals surface area (Å²) in [7, 11) is 2.42. The predicted molar refractivity (Wildman–Crippen MR) is 86.0 cm³/mol. The standard InChI is InChI=1S/C16H19N3O6/c1-24-15(22)9-5-10(16(23)25-2)7-11(6-9)19-13(20)8-12-14(21)18-4-3-17-12/h5-7,12,17H,3-4,8H2,1-2H3,(H,18,21)(H,19,20)/p+1. The maximum Gasteiger partial charge on any atom is 0.337 e. The topological polar surface area (TPSA) is 127 Å². The van der Waals surface area contributed by atoms with Gasteiger partial charge in [0.1, 0.15) is 0 Å². The Kier molecular flexibility index (Phi) is 6.07. The minimum Gasteiger partial charge on any atom is -0.465 e. The molecule has 25 heavy (non-hydrogen) atoms. The molecule has 1 fully saturated rings. The van der Waals surface area contributed by atoms with Gasteiger partial charge >= 0.3 is 11.9 Å².